The van der Waals surface area contributed by atoms with Gasteiger partial charge in [0, 0.05) is 12.6 Å². The van der Waals surface area contributed by atoms with Crippen molar-refractivity contribution in [3.05, 3.63) is 0 Å². The molecule has 1 aliphatic heterocycles. The number of carboxylic acid groups (broad SMARTS) is 1. The first-order valence-corrected chi connectivity index (χ1v) is 8.25. The van der Waals surface area contributed by atoms with Gasteiger partial charge in [-0.1, -0.05) is 25.7 Å². The third-order valence-electron chi connectivity index (χ3n) is 4.88. The molecule has 1 saturated carbocycles. The zero-order valence-electron chi connectivity index (χ0n) is 13.1. The fourth-order valence-electron chi connectivity index (χ4n) is 3.55. The van der Waals surface area contributed by atoms with Gasteiger partial charge < -0.3 is 10.4 Å². The van der Waals surface area contributed by atoms with Crippen molar-refractivity contribution in [1.82, 2.24) is 10.2 Å². The van der Waals surface area contributed by atoms with Crippen molar-refractivity contribution in [2.75, 3.05) is 19.6 Å². The topological polar surface area (TPSA) is 69.6 Å². The first-order valence-electron chi connectivity index (χ1n) is 8.25. The van der Waals surface area contributed by atoms with E-state index in [1.807, 2.05) is 4.90 Å². The summed E-state index contributed by atoms with van der Waals surface area (Å²) in [6, 6.07) is 0.315. The van der Waals surface area contributed by atoms with E-state index in [9.17, 15) is 14.7 Å². The van der Waals surface area contributed by atoms with E-state index in [4.69, 9.17) is 0 Å². The van der Waals surface area contributed by atoms with Gasteiger partial charge in [0.05, 0.1) is 12.0 Å². The summed E-state index contributed by atoms with van der Waals surface area (Å²) in [5.74, 6) is -0.701. The highest BCUT2D eigenvalue weighted by Gasteiger charge is 2.38. The molecule has 0 radical (unpaired) electrons. The highest BCUT2D eigenvalue weighted by Crippen LogP contribution is 2.29. The fourth-order valence-corrected chi connectivity index (χ4v) is 3.55. The van der Waals surface area contributed by atoms with E-state index in [0.717, 1.165) is 25.8 Å². The maximum absolute atomic E-state index is 12.2. The number of likely N-dealkylation sites (tertiary alicyclic amines) is 1. The van der Waals surface area contributed by atoms with Crippen molar-refractivity contribution in [2.24, 2.45) is 5.41 Å². The summed E-state index contributed by atoms with van der Waals surface area (Å²) in [6.45, 7) is 3.41. The van der Waals surface area contributed by atoms with E-state index >= 15 is 0 Å². The number of carboxylic acids is 1. The zero-order valence-corrected chi connectivity index (χ0v) is 13.1. The van der Waals surface area contributed by atoms with E-state index in [1.54, 1.807) is 6.92 Å². The summed E-state index contributed by atoms with van der Waals surface area (Å²) < 4.78 is 0. The molecule has 5 nitrogen and oxygen atoms in total. The number of amides is 1. The number of carbonyl (C=O) groups is 2. The van der Waals surface area contributed by atoms with Crippen LogP contribution in [0.25, 0.3) is 0 Å². The van der Waals surface area contributed by atoms with Crippen molar-refractivity contribution in [2.45, 2.75) is 64.3 Å². The molecule has 21 heavy (non-hydrogen) atoms. The number of aliphatic carboxylic acids is 1. The normalized spacial score (nSPS) is 28.8. The number of nitrogens with one attached hydrogen (secondary N) is 1. The lowest BCUT2D eigenvalue weighted by Gasteiger charge is -2.37. The van der Waals surface area contributed by atoms with Gasteiger partial charge in [0.15, 0.2) is 0 Å². The highest BCUT2D eigenvalue weighted by atomic mass is 16.4. The van der Waals surface area contributed by atoms with Gasteiger partial charge in [-0.05, 0) is 39.2 Å². The minimum Gasteiger partial charge on any atom is -0.481 e. The Kier molecular flexibility index (Phi) is 5.62. The number of rotatable bonds is 4. The number of piperidine rings is 1. The molecule has 0 aromatic heterocycles. The number of carbonyl (C=O) groups excluding carboxylic acids is 1. The molecule has 1 amide bonds. The molecule has 0 bridgehead atoms. The number of hydrogen-bond donors (Lipinski definition) is 2. The highest BCUT2D eigenvalue weighted by molar-refractivity contribution is 5.79. The molecule has 1 unspecified atom stereocenters. The molecular weight excluding hydrogens is 268 g/mol. The summed E-state index contributed by atoms with van der Waals surface area (Å²) in [4.78, 5) is 25.5. The molecule has 0 aromatic rings. The van der Waals surface area contributed by atoms with Crippen LogP contribution in [-0.2, 0) is 9.59 Å². The molecule has 5 heteroatoms. The van der Waals surface area contributed by atoms with Crippen molar-refractivity contribution < 1.29 is 14.7 Å². The summed E-state index contributed by atoms with van der Waals surface area (Å²) in [5, 5.41) is 12.4. The second-order valence-electron chi connectivity index (χ2n) is 6.94. The first kappa shape index (κ1) is 16.3. The summed E-state index contributed by atoms with van der Waals surface area (Å²) in [5.41, 5.74) is -0.707. The number of nitrogens with zero attached hydrogens (tertiary/aromatic N) is 1. The van der Waals surface area contributed by atoms with E-state index < -0.39 is 11.4 Å². The predicted octanol–water partition coefficient (Wildman–Crippen LogP) is 2.01. The minimum atomic E-state index is -0.753. The fraction of sp³-hybridized carbons (Fsp3) is 0.875. The van der Waals surface area contributed by atoms with E-state index in [2.05, 4.69) is 5.32 Å². The minimum absolute atomic E-state index is 0.0524. The Morgan fingerprint density at radius 2 is 1.86 bits per heavy atom. The maximum Gasteiger partial charge on any atom is 0.310 e. The second kappa shape index (κ2) is 7.25. The van der Waals surface area contributed by atoms with Crippen molar-refractivity contribution >= 4 is 11.9 Å². The third kappa shape index (κ3) is 4.70. The molecule has 0 aromatic carbocycles. The maximum atomic E-state index is 12.2. The molecule has 120 valence electrons. The van der Waals surface area contributed by atoms with Crippen LogP contribution >= 0.6 is 0 Å². The Balaban J connectivity index is 1.80. The molecule has 2 N–H and O–H groups in total. The van der Waals surface area contributed by atoms with Crippen LogP contribution in [0.15, 0.2) is 0 Å². The molecule has 2 rings (SSSR count). The van der Waals surface area contributed by atoms with Gasteiger partial charge in [-0.15, -0.1) is 0 Å². The molecular formula is C16H28N2O3. The van der Waals surface area contributed by atoms with Gasteiger partial charge in [0.2, 0.25) is 5.91 Å². The second-order valence-corrected chi connectivity index (χ2v) is 6.94. The van der Waals surface area contributed by atoms with Crippen LogP contribution in [0.2, 0.25) is 0 Å². The third-order valence-corrected chi connectivity index (χ3v) is 4.88. The average molecular weight is 296 g/mol. The monoisotopic (exact) mass is 296 g/mol. The zero-order chi connectivity index (χ0) is 15.3. The lowest BCUT2D eigenvalue weighted by Crippen LogP contribution is -2.50. The largest absolute Gasteiger partial charge is 0.481 e. The Hall–Kier alpha value is -1.10. The molecule has 1 aliphatic carbocycles. The Morgan fingerprint density at radius 1 is 1.19 bits per heavy atom. The molecule has 0 spiro atoms. The number of hydrogen-bond acceptors (Lipinski definition) is 3. The summed E-state index contributed by atoms with van der Waals surface area (Å²) >= 11 is 0. The van der Waals surface area contributed by atoms with E-state index in [1.165, 1.54) is 25.7 Å². The van der Waals surface area contributed by atoms with Crippen molar-refractivity contribution in [3.63, 3.8) is 0 Å². The van der Waals surface area contributed by atoms with Gasteiger partial charge in [-0.25, -0.2) is 0 Å². The lowest BCUT2D eigenvalue weighted by atomic mass is 9.82. The molecule has 1 heterocycles. The molecule has 1 atom stereocenters. The van der Waals surface area contributed by atoms with Gasteiger partial charge >= 0.3 is 5.97 Å². The van der Waals surface area contributed by atoms with Crippen LogP contribution in [0.5, 0.6) is 0 Å². The van der Waals surface area contributed by atoms with Gasteiger partial charge in [0.1, 0.15) is 0 Å². The smallest absolute Gasteiger partial charge is 0.310 e. The van der Waals surface area contributed by atoms with Crippen LogP contribution < -0.4 is 5.32 Å². The van der Waals surface area contributed by atoms with Gasteiger partial charge in [0.25, 0.3) is 0 Å². The average Bonchev–Trinajstić information content (AvgIpc) is 2.67. The van der Waals surface area contributed by atoms with Crippen molar-refractivity contribution in [3.8, 4) is 0 Å². The van der Waals surface area contributed by atoms with Crippen LogP contribution in [0, 0.1) is 5.41 Å². The first-order chi connectivity index (χ1) is 9.99. The van der Waals surface area contributed by atoms with E-state index in [0.29, 0.717) is 25.6 Å². The molecule has 1 saturated heterocycles. The lowest BCUT2D eigenvalue weighted by molar-refractivity contribution is -0.151. The quantitative estimate of drug-likeness (QED) is 0.779. The van der Waals surface area contributed by atoms with E-state index in [-0.39, 0.29) is 5.91 Å². The Labute approximate surface area is 127 Å². The summed E-state index contributed by atoms with van der Waals surface area (Å²) in [7, 11) is 0. The van der Waals surface area contributed by atoms with Gasteiger partial charge in [-0.3, -0.25) is 14.5 Å². The predicted molar refractivity (Wildman–Crippen MR) is 81.0 cm³/mol. The SMILES string of the molecule is CC1(C(=O)O)CCCN(CC(=O)NC2CCCCCC2)C1. The van der Waals surface area contributed by atoms with Crippen LogP contribution in [0.4, 0.5) is 0 Å². The van der Waals surface area contributed by atoms with Crippen LogP contribution in [0.1, 0.15) is 58.3 Å². The molecule has 2 fully saturated rings. The Morgan fingerprint density at radius 3 is 2.48 bits per heavy atom. The van der Waals surface area contributed by atoms with Crippen molar-refractivity contribution in [1.29, 1.82) is 0 Å². The standard InChI is InChI=1S/C16H28N2O3/c1-16(15(20)21)9-6-10-18(12-16)11-14(19)17-13-7-4-2-3-5-8-13/h13H,2-12H2,1H3,(H,17,19)(H,20,21). The molecule has 2 aliphatic rings. The summed E-state index contributed by atoms with van der Waals surface area (Å²) in [6.07, 6.45) is 8.65. The van der Waals surface area contributed by atoms with Crippen LogP contribution in [0.3, 0.4) is 0 Å². The van der Waals surface area contributed by atoms with Gasteiger partial charge in [-0.2, -0.15) is 0 Å². The Bertz CT molecular complexity index is 378. The van der Waals surface area contributed by atoms with Crippen LogP contribution in [-0.4, -0.2) is 47.6 Å².